The van der Waals surface area contributed by atoms with E-state index < -0.39 is 6.10 Å². The summed E-state index contributed by atoms with van der Waals surface area (Å²) in [6.45, 7) is 5.37. The van der Waals surface area contributed by atoms with Crippen LogP contribution in [-0.2, 0) is 6.42 Å². The van der Waals surface area contributed by atoms with E-state index in [0.717, 1.165) is 42.3 Å². The average molecular weight is 303 g/mol. The topological polar surface area (TPSA) is 49.8 Å². The Kier molecular flexibility index (Phi) is 4.79. The smallest absolute Gasteiger partial charge is 0.163 e. The van der Waals surface area contributed by atoms with Gasteiger partial charge in [-0.05, 0) is 44.3 Å². The molecule has 1 fully saturated rings. The lowest BCUT2D eigenvalue weighted by atomic mass is 9.99. The molecule has 1 saturated heterocycles. The minimum Gasteiger partial charge on any atom is -0.491 e. The molecule has 1 heterocycles. The zero-order valence-electron chi connectivity index (χ0n) is 13.3. The number of likely N-dealkylation sites (tertiary alicyclic amines) is 1. The molecule has 120 valence electrons. The lowest BCUT2D eigenvalue weighted by molar-refractivity contribution is 0.0560. The molecule has 1 aromatic carbocycles. The summed E-state index contributed by atoms with van der Waals surface area (Å²) in [6, 6.07) is 5.62. The number of fused-ring (bicyclic) bond motifs is 1. The van der Waals surface area contributed by atoms with Gasteiger partial charge in [-0.1, -0.05) is 19.1 Å². The number of carbonyl (C=O) groups is 1. The van der Waals surface area contributed by atoms with Crippen molar-refractivity contribution < 1.29 is 14.6 Å². The predicted octanol–water partition coefficient (Wildman–Crippen LogP) is 2.29. The summed E-state index contributed by atoms with van der Waals surface area (Å²) < 4.78 is 5.79. The Hall–Kier alpha value is -1.39. The number of benzene rings is 1. The third kappa shape index (κ3) is 3.50. The van der Waals surface area contributed by atoms with Crippen LogP contribution in [-0.4, -0.2) is 48.1 Å². The summed E-state index contributed by atoms with van der Waals surface area (Å²) in [5.74, 6) is 1.76. The van der Waals surface area contributed by atoms with Gasteiger partial charge in [-0.15, -0.1) is 0 Å². The van der Waals surface area contributed by atoms with Crippen LogP contribution in [0.2, 0.25) is 0 Å². The Morgan fingerprint density at radius 3 is 2.86 bits per heavy atom. The maximum atomic E-state index is 11.7. The zero-order chi connectivity index (χ0) is 15.5. The third-order valence-electron chi connectivity index (χ3n) is 4.81. The number of nitrogens with zero attached hydrogens (tertiary/aromatic N) is 1. The van der Waals surface area contributed by atoms with Crippen molar-refractivity contribution in [1.29, 1.82) is 0 Å². The number of aliphatic hydroxyl groups excluding tert-OH is 1. The number of hydrogen-bond acceptors (Lipinski definition) is 4. The first-order chi connectivity index (χ1) is 10.6. The van der Waals surface area contributed by atoms with Gasteiger partial charge in [-0.2, -0.15) is 0 Å². The maximum absolute atomic E-state index is 11.7. The van der Waals surface area contributed by atoms with Crippen molar-refractivity contribution in [2.45, 2.75) is 38.7 Å². The van der Waals surface area contributed by atoms with Crippen LogP contribution in [0.1, 0.15) is 42.1 Å². The van der Waals surface area contributed by atoms with Crippen LogP contribution in [0.4, 0.5) is 0 Å². The maximum Gasteiger partial charge on any atom is 0.163 e. The molecule has 1 atom stereocenters. The number of hydrogen-bond donors (Lipinski definition) is 1. The highest BCUT2D eigenvalue weighted by Gasteiger charge is 2.23. The summed E-state index contributed by atoms with van der Waals surface area (Å²) in [7, 11) is 0. The van der Waals surface area contributed by atoms with Crippen molar-refractivity contribution in [3.8, 4) is 5.75 Å². The molecule has 2 aliphatic rings. The van der Waals surface area contributed by atoms with Crippen molar-refractivity contribution in [2.75, 3.05) is 26.2 Å². The number of β-amino-alcohol motifs (C(OH)–C–C–N with tert-alkyl or cyclic N) is 1. The van der Waals surface area contributed by atoms with Gasteiger partial charge in [0.15, 0.2) is 5.78 Å². The first-order valence-corrected chi connectivity index (χ1v) is 8.32. The molecule has 0 bridgehead atoms. The largest absolute Gasteiger partial charge is 0.491 e. The summed E-state index contributed by atoms with van der Waals surface area (Å²) >= 11 is 0. The molecule has 1 aromatic rings. The summed E-state index contributed by atoms with van der Waals surface area (Å²) in [4.78, 5) is 14.0. The van der Waals surface area contributed by atoms with Crippen LogP contribution < -0.4 is 4.74 Å². The third-order valence-corrected chi connectivity index (χ3v) is 4.81. The van der Waals surface area contributed by atoms with Crippen LogP contribution in [0.25, 0.3) is 0 Å². The quantitative estimate of drug-likeness (QED) is 0.907. The van der Waals surface area contributed by atoms with E-state index in [-0.39, 0.29) is 12.4 Å². The second-order valence-corrected chi connectivity index (χ2v) is 6.65. The Bertz CT molecular complexity index is 535. The molecule has 0 unspecified atom stereocenters. The lowest BCUT2D eigenvalue weighted by Gasteiger charge is -2.31. The van der Waals surface area contributed by atoms with Crippen molar-refractivity contribution in [2.24, 2.45) is 5.92 Å². The first-order valence-electron chi connectivity index (χ1n) is 8.32. The second kappa shape index (κ2) is 6.80. The highest BCUT2D eigenvalue weighted by molar-refractivity contribution is 6.01. The number of carbonyl (C=O) groups excluding carboxylic acids is 1. The molecule has 1 N–H and O–H groups in total. The van der Waals surface area contributed by atoms with Crippen LogP contribution >= 0.6 is 0 Å². The molecule has 0 amide bonds. The van der Waals surface area contributed by atoms with Crippen LogP contribution in [0.3, 0.4) is 0 Å². The lowest BCUT2D eigenvalue weighted by Crippen LogP contribution is -2.40. The van der Waals surface area contributed by atoms with E-state index in [1.165, 1.54) is 12.8 Å². The van der Waals surface area contributed by atoms with E-state index in [2.05, 4.69) is 11.8 Å². The normalized spacial score (nSPS) is 20.9. The van der Waals surface area contributed by atoms with E-state index >= 15 is 0 Å². The molecule has 4 nitrogen and oxygen atoms in total. The Morgan fingerprint density at radius 2 is 2.09 bits per heavy atom. The van der Waals surface area contributed by atoms with Gasteiger partial charge < -0.3 is 14.7 Å². The molecule has 0 aromatic heterocycles. The minimum atomic E-state index is -0.485. The fourth-order valence-electron chi connectivity index (χ4n) is 3.37. The predicted molar refractivity (Wildman–Crippen MR) is 85.4 cm³/mol. The molecule has 0 radical (unpaired) electrons. The van der Waals surface area contributed by atoms with Crippen molar-refractivity contribution in [1.82, 2.24) is 4.90 Å². The van der Waals surface area contributed by atoms with Crippen molar-refractivity contribution in [3.63, 3.8) is 0 Å². The second-order valence-electron chi connectivity index (χ2n) is 6.65. The zero-order valence-corrected chi connectivity index (χ0v) is 13.3. The van der Waals surface area contributed by atoms with Crippen LogP contribution in [0.5, 0.6) is 5.75 Å². The van der Waals surface area contributed by atoms with Gasteiger partial charge >= 0.3 is 0 Å². The van der Waals surface area contributed by atoms with E-state index in [9.17, 15) is 9.90 Å². The van der Waals surface area contributed by atoms with E-state index in [1.54, 1.807) is 0 Å². The number of rotatable bonds is 5. The molecule has 4 heteroatoms. The summed E-state index contributed by atoms with van der Waals surface area (Å²) in [5.41, 5.74) is 1.79. The highest BCUT2D eigenvalue weighted by Crippen LogP contribution is 2.30. The molecule has 1 aliphatic carbocycles. The summed E-state index contributed by atoms with van der Waals surface area (Å²) in [6.07, 6.45) is 3.26. The fourth-order valence-corrected chi connectivity index (χ4v) is 3.37. The van der Waals surface area contributed by atoms with E-state index in [4.69, 9.17) is 4.74 Å². The number of ether oxygens (including phenoxy) is 1. The van der Waals surface area contributed by atoms with Gasteiger partial charge in [-0.3, -0.25) is 4.79 Å². The van der Waals surface area contributed by atoms with Gasteiger partial charge in [0.1, 0.15) is 18.5 Å². The van der Waals surface area contributed by atoms with Gasteiger partial charge in [0.25, 0.3) is 0 Å². The molecular formula is C18H25NO3. The molecule has 1 aliphatic heterocycles. The van der Waals surface area contributed by atoms with Crippen LogP contribution in [0.15, 0.2) is 18.2 Å². The molecular weight excluding hydrogens is 278 g/mol. The van der Waals surface area contributed by atoms with Gasteiger partial charge in [0.2, 0.25) is 0 Å². The Balaban J connectivity index is 1.51. The molecule has 0 spiro atoms. The SMILES string of the molecule is CC1CCN(C[C@@H](O)COc2cccc3c2CCC3=O)CC1. The number of aliphatic hydroxyl groups is 1. The number of ketones is 1. The standard InChI is InChI=1S/C18H25NO3/c1-13-7-9-19(10-8-13)11-14(20)12-22-18-4-2-3-15-16(18)5-6-17(15)21/h2-4,13-14,20H,5-12H2,1H3/t14-/m1/s1. The first kappa shape index (κ1) is 15.5. The minimum absolute atomic E-state index is 0.198. The average Bonchev–Trinajstić information content (AvgIpc) is 2.90. The van der Waals surface area contributed by atoms with E-state index in [1.807, 2.05) is 18.2 Å². The highest BCUT2D eigenvalue weighted by atomic mass is 16.5. The van der Waals surface area contributed by atoms with Crippen LogP contribution in [0, 0.1) is 5.92 Å². The van der Waals surface area contributed by atoms with E-state index in [0.29, 0.717) is 13.0 Å². The number of piperidine rings is 1. The fraction of sp³-hybridized carbons (Fsp3) is 0.611. The van der Waals surface area contributed by atoms with Crippen molar-refractivity contribution in [3.05, 3.63) is 29.3 Å². The molecule has 22 heavy (non-hydrogen) atoms. The summed E-state index contributed by atoms with van der Waals surface area (Å²) in [5, 5.41) is 10.2. The van der Waals surface area contributed by atoms with Gasteiger partial charge in [0.05, 0.1) is 0 Å². The Labute approximate surface area is 132 Å². The monoisotopic (exact) mass is 303 g/mol. The van der Waals surface area contributed by atoms with Gasteiger partial charge in [-0.25, -0.2) is 0 Å². The Morgan fingerprint density at radius 1 is 1.32 bits per heavy atom. The molecule has 3 rings (SSSR count). The molecule has 0 saturated carbocycles. The number of Topliss-reactive ketones (excluding diaryl/α,β-unsaturated/α-hetero) is 1. The van der Waals surface area contributed by atoms with Crippen molar-refractivity contribution >= 4 is 5.78 Å². The van der Waals surface area contributed by atoms with Gasteiger partial charge in [0, 0.05) is 24.1 Å².